The summed E-state index contributed by atoms with van der Waals surface area (Å²) >= 11 is 0. The minimum atomic E-state index is -4.94. The van der Waals surface area contributed by atoms with Crippen LogP contribution in [0.2, 0.25) is 0 Å². The summed E-state index contributed by atoms with van der Waals surface area (Å²) in [5, 5.41) is 7.32. The summed E-state index contributed by atoms with van der Waals surface area (Å²) in [5.74, 6) is 5.57. The Labute approximate surface area is 229 Å². The van der Waals surface area contributed by atoms with Gasteiger partial charge in [0.15, 0.2) is 0 Å². The molecule has 36 heavy (non-hydrogen) atoms. The average molecular weight is 608 g/mol. The molecular weight excluding hydrogens is 573 g/mol. The van der Waals surface area contributed by atoms with Gasteiger partial charge in [0.05, 0.1) is 19.2 Å². The molecule has 0 aliphatic carbocycles. The number of nitrogens with zero attached hydrogens (tertiary/aromatic N) is 5. The SMILES string of the molecule is C#CCN1CCCN(C)CCN(CC#C)CCCN(C)CC1.CC#N.[Cu+2].[O-][Cl+3]([O-])([O-])[O-].[O-][Cl+3]([O-])([O-])[O-]. The van der Waals surface area contributed by atoms with Crippen LogP contribution < -0.4 is 37.3 Å². The number of hydrogen-bond acceptors (Lipinski definition) is 13. The zero-order valence-corrected chi connectivity index (χ0v) is 23.2. The van der Waals surface area contributed by atoms with Crippen molar-refractivity contribution in [2.24, 2.45) is 0 Å². The molecule has 0 atom stereocenters. The van der Waals surface area contributed by atoms with Crippen LogP contribution in [0.5, 0.6) is 0 Å². The van der Waals surface area contributed by atoms with Gasteiger partial charge in [0.1, 0.15) is 0 Å². The summed E-state index contributed by atoms with van der Waals surface area (Å²) in [7, 11) is -5.50. The van der Waals surface area contributed by atoms with Gasteiger partial charge in [-0.2, -0.15) is 5.26 Å². The first-order valence-corrected chi connectivity index (χ1v) is 12.8. The van der Waals surface area contributed by atoms with Gasteiger partial charge in [-0.25, -0.2) is 37.3 Å². The second-order valence-electron chi connectivity index (χ2n) is 7.25. The molecule has 1 rings (SSSR count). The molecule has 1 fully saturated rings. The predicted octanol–water partition coefficient (Wildman–Crippen LogP) is -8.47. The molecule has 1 saturated heterocycles. The molecule has 0 bridgehead atoms. The molecule has 0 aromatic rings. The van der Waals surface area contributed by atoms with Crippen LogP contribution in [0.1, 0.15) is 19.8 Å². The molecule has 213 valence electrons. The van der Waals surface area contributed by atoms with Gasteiger partial charge >= 0.3 is 17.1 Å². The van der Waals surface area contributed by atoms with E-state index in [4.69, 9.17) is 55.4 Å². The first-order valence-electron chi connectivity index (χ1n) is 10.3. The van der Waals surface area contributed by atoms with E-state index < -0.39 is 20.5 Å². The van der Waals surface area contributed by atoms with E-state index in [1.165, 1.54) is 6.92 Å². The molecule has 0 unspecified atom stereocenters. The summed E-state index contributed by atoms with van der Waals surface area (Å²) in [6, 6.07) is 1.75. The fourth-order valence-corrected chi connectivity index (χ4v) is 2.77. The zero-order chi connectivity index (χ0) is 27.9. The van der Waals surface area contributed by atoms with E-state index in [2.05, 4.69) is 45.5 Å². The molecule has 0 saturated carbocycles. The van der Waals surface area contributed by atoms with Crippen molar-refractivity contribution in [3.8, 4) is 30.8 Å². The van der Waals surface area contributed by atoms with Crippen LogP contribution in [0.25, 0.3) is 0 Å². The third-order valence-electron chi connectivity index (χ3n) is 4.25. The minimum Gasteiger partial charge on any atom is -0.305 e. The summed E-state index contributed by atoms with van der Waals surface area (Å²) in [6.45, 7) is 11.6. The second-order valence-corrected chi connectivity index (χ2v) is 8.77. The van der Waals surface area contributed by atoms with Crippen molar-refractivity contribution in [3.63, 3.8) is 0 Å². The van der Waals surface area contributed by atoms with Gasteiger partial charge in [0.25, 0.3) is 0 Å². The first kappa shape index (κ1) is 42.3. The molecule has 0 N–H and O–H groups in total. The van der Waals surface area contributed by atoms with E-state index in [0.717, 1.165) is 78.3 Å². The largest absolute Gasteiger partial charge is 2.00 e. The van der Waals surface area contributed by atoms with Crippen LogP contribution in [0, 0.1) is 56.5 Å². The monoisotopic (exact) mass is 606 g/mol. The van der Waals surface area contributed by atoms with E-state index in [-0.39, 0.29) is 17.1 Å². The van der Waals surface area contributed by atoms with Crippen molar-refractivity contribution in [2.45, 2.75) is 19.8 Å². The molecule has 0 spiro atoms. The number of nitriles is 1. The molecule has 1 aliphatic heterocycles. The summed E-state index contributed by atoms with van der Waals surface area (Å²) in [4.78, 5) is 9.58. The van der Waals surface area contributed by atoms with Gasteiger partial charge in [0.2, 0.25) is 0 Å². The molecule has 16 heteroatoms. The molecule has 1 heterocycles. The molecule has 13 nitrogen and oxygen atoms in total. The van der Waals surface area contributed by atoms with E-state index in [9.17, 15) is 0 Å². The summed E-state index contributed by atoms with van der Waals surface area (Å²) in [5.41, 5.74) is 0. The van der Waals surface area contributed by atoms with Gasteiger partial charge in [-0.15, -0.1) is 33.3 Å². The van der Waals surface area contributed by atoms with Gasteiger partial charge in [0, 0.05) is 46.2 Å². The van der Waals surface area contributed by atoms with E-state index in [0.29, 0.717) is 0 Å². The van der Waals surface area contributed by atoms with E-state index >= 15 is 0 Å². The van der Waals surface area contributed by atoms with Crippen LogP contribution in [-0.4, -0.2) is 99.1 Å². The van der Waals surface area contributed by atoms with Crippen molar-refractivity contribution >= 4 is 0 Å². The average Bonchev–Trinajstić information content (AvgIpc) is 2.68. The maximum atomic E-state index is 8.49. The quantitative estimate of drug-likeness (QED) is 0.210. The first-order chi connectivity index (χ1) is 16.1. The standard InChI is InChI=1S/C18H32N4.C2H3N.2ClHO4.Cu/c1-5-9-21-13-7-11-20(4)16-18-22(10-6-2)14-8-12-19(3)15-17-21;1-2-3;2*2-1(3,4)5;/h1-2H,7-18H2,3-4H3;1H3;2*(H,2,3,4,5);/q;;;;+2/p-2. The Morgan fingerprint density at radius 1 is 0.639 bits per heavy atom. The number of likely N-dealkylation sites (N-methyl/N-ethyl adjacent to an activating group) is 2. The molecule has 1 radical (unpaired) electrons. The molecule has 1 aliphatic rings. The normalized spacial score (nSPS) is 17.3. The number of halogens is 2. The second kappa shape index (κ2) is 25.9. The van der Waals surface area contributed by atoms with Crippen molar-refractivity contribution < 1.29 is 74.8 Å². The maximum absolute atomic E-state index is 8.49. The van der Waals surface area contributed by atoms with Crippen LogP contribution in [0.4, 0.5) is 0 Å². The van der Waals surface area contributed by atoms with Gasteiger partial charge in [-0.1, -0.05) is 11.8 Å². The van der Waals surface area contributed by atoms with Crippen LogP contribution in [-0.2, 0) is 17.1 Å². The minimum absolute atomic E-state index is 0. The van der Waals surface area contributed by atoms with Crippen LogP contribution in [0.15, 0.2) is 0 Å². The van der Waals surface area contributed by atoms with Crippen molar-refractivity contribution in [1.29, 1.82) is 5.26 Å². The molecule has 0 aromatic carbocycles. The summed E-state index contributed by atoms with van der Waals surface area (Å²) in [6.07, 6.45) is 13.3. The van der Waals surface area contributed by atoms with E-state index in [1.807, 2.05) is 0 Å². The maximum Gasteiger partial charge on any atom is 2.00 e. The Bertz CT molecular complexity index is 576. The van der Waals surface area contributed by atoms with E-state index in [1.54, 1.807) is 6.07 Å². The topological polar surface area (TPSA) is 221 Å². The van der Waals surface area contributed by atoms with Crippen molar-refractivity contribution in [2.75, 3.05) is 79.5 Å². The zero-order valence-electron chi connectivity index (χ0n) is 20.7. The Hall–Kier alpha value is -0.771. The van der Waals surface area contributed by atoms with Gasteiger partial charge in [-0.05, 0) is 40.0 Å². The fourth-order valence-electron chi connectivity index (χ4n) is 2.77. The third kappa shape index (κ3) is 46.6. The molecule has 0 aromatic heterocycles. The number of rotatable bonds is 2. The van der Waals surface area contributed by atoms with Crippen LogP contribution >= 0.6 is 0 Å². The van der Waals surface area contributed by atoms with Crippen molar-refractivity contribution in [1.82, 2.24) is 19.6 Å². The fraction of sp³-hybridized carbons (Fsp3) is 0.750. The van der Waals surface area contributed by atoms with Gasteiger partial charge < -0.3 is 9.80 Å². The van der Waals surface area contributed by atoms with Gasteiger partial charge in [-0.3, -0.25) is 9.80 Å². The van der Waals surface area contributed by atoms with Crippen LogP contribution in [0.3, 0.4) is 0 Å². The third-order valence-corrected chi connectivity index (χ3v) is 4.25. The Morgan fingerprint density at radius 2 is 0.889 bits per heavy atom. The smallest absolute Gasteiger partial charge is 0.305 e. The summed E-state index contributed by atoms with van der Waals surface area (Å²) < 4.78 is 67.9. The predicted molar refractivity (Wildman–Crippen MR) is 106 cm³/mol. The Balaban J connectivity index is -0.000000302. The number of hydrogen-bond donors (Lipinski definition) is 0. The molecular formula is C20H35Cl2CuN5O8. The molecule has 0 amide bonds. The Morgan fingerprint density at radius 3 is 1.11 bits per heavy atom. The number of terminal acetylenes is 2. The Kier molecular flexibility index (Phi) is 30.4. The van der Waals surface area contributed by atoms with Crippen molar-refractivity contribution in [3.05, 3.63) is 0 Å².